The van der Waals surface area contributed by atoms with Crippen LogP contribution in [0.15, 0.2) is 53.4 Å². The van der Waals surface area contributed by atoms with Gasteiger partial charge in [-0.1, -0.05) is 18.2 Å². The summed E-state index contributed by atoms with van der Waals surface area (Å²) in [5, 5.41) is 10.6. The zero-order valence-electron chi connectivity index (χ0n) is 16.5. The third kappa shape index (κ3) is 5.49. The van der Waals surface area contributed by atoms with Crippen LogP contribution in [0.2, 0.25) is 0 Å². The lowest BCUT2D eigenvalue weighted by molar-refractivity contribution is -0.117. The molecule has 0 aromatic heterocycles. The van der Waals surface area contributed by atoms with Gasteiger partial charge in [-0.3, -0.25) is 4.79 Å². The Labute approximate surface area is 175 Å². The number of benzene rings is 2. The number of nitrogens with two attached hydrogens (primary N) is 1. The van der Waals surface area contributed by atoms with Crippen molar-refractivity contribution in [2.75, 3.05) is 25.1 Å². The first-order valence-electron chi connectivity index (χ1n) is 9.37. The van der Waals surface area contributed by atoms with Gasteiger partial charge in [-0.05, 0) is 36.2 Å². The summed E-state index contributed by atoms with van der Waals surface area (Å²) >= 11 is 0. The van der Waals surface area contributed by atoms with Gasteiger partial charge in [0.15, 0.2) is 0 Å². The molecule has 0 aliphatic carbocycles. The first-order valence-corrected chi connectivity index (χ1v) is 10.9. The van der Waals surface area contributed by atoms with Crippen molar-refractivity contribution in [1.82, 2.24) is 10.6 Å². The van der Waals surface area contributed by atoms with E-state index in [1.54, 1.807) is 36.3 Å². The van der Waals surface area contributed by atoms with E-state index in [-0.39, 0.29) is 29.3 Å². The summed E-state index contributed by atoms with van der Waals surface area (Å²) in [6.45, 7) is 0.745. The maximum absolute atomic E-state index is 12.3. The van der Waals surface area contributed by atoms with Crippen LogP contribution in [-0.2, 0) is 21.2 Å². The first kappa shape index (κ1) is 21.6. The smallest absolute Gasteiger partial charge is 0.315 e. The van der Waals surface area contributed by atoms with Crippen LogP contribution in [0.25, 0.3) is 0 Å². The second-order valence-corrected chi connectivity index (χ2v) is 8.51. The molecule has 1 atom stereocenters. The Balaban J connectivity index is 1.46. The van der Waals surface area contributed by atoms with E-state index in [9.17, 15) is 18.0 Å². The number of rotatable bonds is 7. The molecule has 0 spiro atoms. The van der Waals surface area contributed by atoms with Gasteiger partial charge < -0.3 is 20.3 Å². The molecule has 1 heterocycles. The normalized spacial score (nSPS) is 16.4. The van der Waals surface area contributed by atoms with Crippen LogP contribution >= 0.6 is 0 Å². The van der Waals surface area contributed by atoms with Crippen LogP contribution in [-0.4, -0.2) is 46.6 Å². The number of methoxy groups -OCH3 is 1. The number of anilines is 1. The quantitative estimate of drug-likeness (QED) is 0.601. The van der Waals surface area contributed by atoms with Crippen LogP contribution in [0.5, 0.6) is 5.75 Å². The van der Waals surface area contributed by atoms with Crippen molar-refractivity contribution in [3.63, 3.8) is 0 Å². The Kier molecular flexibility index (Phi) is 6.58. The lowest BCUT2D eigenvalue weighted by Crippen LogP contribution is -2.43. The maximum Gasteiger partial charge on any atom is 0.315 e. The number of nitrogens with one attached hydrogen (secondary N) is 2. The molecule has 3 amide bonds. The molecule has 30 heavy (non-hydrogen) atoms. The summed E-state index contributed by atoms with van der Waals surface area (Å²) in [5.74, 6) is 0.593. The minimum absolute atomic E-state index is 0.0449. The molecule has 0 unspecified atom stereocenters. The Hall–Kier alpha value is -3.11. The van der Waals surface area contributed by atoms with Crippen molar-refractivity contribution >= 4 is 27.6 Å². The number of primary sulfonamides is 1. The molecule has 1 saturated heterocycles. The molecule has 0 saturated carbocycles. The highest BCUT2D eigenvalue weighted by Crippen LogP contribution is 2.25. The topological polar surface area (TPSA) is 131 Å². The van der Waals surface area contributed by atoms with E-state index in [2.05, 4.69) is 10.6 Å². The summed E-state index contributed by atoms with van der Waals surface area (Å²) in [5.41, 5.74) is 1.59. The predicted molar refractivity (Wildman–Crippen MR) is 112 cm³/mol. The van der Waals surface area contributed by atoms with Crippen molar-refractivity contribution < 1.29 is 22.7 Å². The number of urea groups is 1. The second kappa shape index (κ2) is 9.14. The zero-order valence-corrected chi connectivity index (χ0v) is 17.3. The molecule has 160 valence electrons. The lowest BCUT2D eigenvalue weighted by Gasteiger charge is -2.18. The average molecular weight is 433 g/mol. The van der Waals surface area contributed by atoms with Gasteiger partial charge in [-0.15, -0.1) is 0 Å². The summed E-state index contributed by atoms with van der Waals surface area (Å²) in [7, 11) is -2.15. The highest BCUT2D eigenvalue weighted by atomic mass is 32.2. The molecule has 1 aliphatic heterocycles. The molecule has 3 rings (SSSR count). The number of hydrogen-bond acceptors (Lipinski definition) is 5. The van der Waals surface area contributed by atoms with E-state index < -0.39 is 10.0 Å². The van der Waals surface area contributed by atoms with Crippen LogP contribution in [0.1, 0.15) is 12.0 Å². The molecule has 10 heteroatoms. The SMILES string of the molecule is COc1cccc(N2C[C@H](NC(=O)NCCc3ccc(S(N)(=O)=O)cc3)CC2=O)c1. The van der Waals surface area contributed by atoms with Crippen LogP contribution in [0.3, 0.4) is 0 Å². The summed E-state index contributed by atoms with van der Waals surface area (Å²) < 4.78 is 27.7. The average Bonchev–Trinajstić information content (AvgIpc) is 3.07. The van der Waals surface area contributed by atoms with E-state index in [1.807, 2.05) is 12.1 Å². The van der Waals surface area contributed by atoms with Gasteiger partial charge in [0.05, 0.1) is 18.0 Å². The Morgan fingerprint density at radius 3 is 2.63 bits per heavy atom. The Morgan fingerprint density at radius 2 is 1.97 bits per heavy atom. The van der Waals surface area contributed by atoms with Crippen LogP contribution in [0.4, 0.5) is 10.5 Å². The van der Waals surface area contributed by atoms with E-state index in [1.165, 1.54) is 12.1 Å². The van der Waals surface area contributed by atoms with Gasteiger partial charge in [-0.25, -0.2) is 18.4 Å². The standard InChI is InChI=1S/C20H24N4O5S/c1-29-17-4-2-3-16(12-17)24-13-15(11-19(24)25)23-20(26)22-10-9-14-5-7-18(8-6-14)30(21,27)28/h2-8,12,15H,9-11,13H2,1H3,(H2,21,27,28)(H2,22,23,26)/t15-/m1/s1. The molecule has 1 fully saturated rings. The number of carbonyl (C=O) groups is 2. The van der Waals surface area contributed by atoms with E-state index in [0.29, 0.717) is 25.3 Å². The number of ether oxygens (including phenoxy) is 1. The van der Waals surface area contributed by atoms with E-state index in [4.69, 9.17) is 9.88 Å². The molecule has 9 nitrogen and oxygen atoms in total. The summed E-state index contributed by atoms with van der Waals surface area (Å²) in [4.78, 5) is 26.2. The van der Waals surface area contributed by atoms with Crippen molar-refractivity contribution in [3.05, 3.63) is 54.1 Å². The fourth-order valence-corrected chi connectivity index (χ4v) is 3.75. The molecule has 2 aromatic rings. The number of carbonyl (C=O) groups excluding carboxylic acids is 2. The van der Waals surface area contributed by atoms with Gasteiger partial charge >= 0.3 is 6.03 Å². The predicted octanol–water partition coefficient (Wildman–Crippen LogP) is 0.990. The van der Waals surface area contributed by atoms with E-state index in [0.717, 1.165) is 11.3 Å². The molecule has 1 aliphatic rings. The number of amides is 3. The largest absolute Gasteiger partial charge is 0.497 e. The monoisotopic (exact) mass is 432 g/mol. The van der Waals surface area contributed by atoms with Gasteiger partial charge in [0.25, 0.3) is 0 Å². The Bertz CT molecular complexity index is 1020. The number of hydrogen-bond donors (Lipinski definition) is 3. The third-order valence-corrected chi connectivity index (χ3v) is 5.71. The van der Waals surface area contributed by atoms with Crippen molar-refractivity contribution in [1.29, 1.82) is 0 Å². The second-order valence-electron chi connectivity index (χ2n) is 6.95. The van der Waals surface area contributed by atoms with Gasteiger partial charge in [0, 0.05) is 31.3 Å². The lowest BCUT2D eigenvalue weighted by atomic mass is 10.1. The fraction of sp³-hybridized carbons (Fsp3) is 0.300. The Morgan fingerprint density at radius 1 is 1.23 bits per heavy atom. The van der Waals surface area contributed by atoms with Gasteiger partial charge in [0.1, 0.15) is 5.75 Å². The number of nitrogens with zero attached hydrogens (tertiary/aromatic N) is 1. The minimum atomic E-state index is -3.72. The molecule has 4 N–H and O–H groups in total. The molecular formula is C20H24N4O5S. The number of sulfonamides is 1. The zero-order chi connectivity index (χ0) is 21.7. The minimum Gasteiger partial charge on any atom is -0.497 e. The summed E-state index contributed by atoms with van der Waals surface area (Å²) in [6, 6.07) is 12.7. The van der Waals surface area contributed by atoms with Crippen molar-refractivity contribution in [2.24, 2.45) is 5.14 Å². The van der Waals surface area contributed by atoms with Gasteiger partial charge in [0.2, 0.25) is 15.9 Å². The molecule has 0 bridgehead atoms. The van der Waals surface area contributed by atoms with Crippen LogP contribution in [0, 0.1) is 0 Å². The van der Waals surface area contributed by atoms with Crippen LogP contribution < -0.4 is 25.4 Å². The molecular weight excluding hydrogens is 408 g/mol. The first-order chi connectivity index (χ1) is 14.3. The fourth-order valence-electron chi connectivity index (χ4n) is 3.23. The van der Waals surface area contributed by atoms with Crippen molar-refractivity contribution in [3.8, 4) is 5.75 Å². The van der Waals surface area contributed by atoms with E-state index >= 15 is 0 Å². The van der Waals surface area contributed by atoms with Gasteiger partial charge in [-0.2, -0.15) is 0 Å². The van der Waals surface area contributed by atoms with Crippen molar-refractivity contribution in [2.45, 2.75) is 23.8 Å². The summed E-state index contributed by atoms with van der Waals surface area (Å²) in [6.07, 6.45) is 0.748. The highest BCUT2D eigenvalue weighted by Gasteiger charge is 2.31. The maximum atomic E-state index is 12.3. The third-order valence-electron chi connectivity index (χ3n) is 4.78. The highest BCUT2D eigenvalue weighted by molar-refractivity contribution is 7.89. The molecule has 2 aromatic carbocycles. The molecule has 0 radical (unpaired) electrons.